The van der Waals surface area contributed by atoms with Gasteiger partial charge in [-0.3, -0.25) is 0 Å². The summed E-state index contributed by atoms with van der Waals surface area (Å²) in [4.78, 5) is 4.48. The van der Waals surface area contributed by atoms with Crippen molar-refractivity contribution in [3.05, 3.63) is 58.6 Å². The van der Waals surface area contributed by atoms with Crippen LogP contribution in [0.3, 0.4) is 0 Å². The minimum Gasteiger partial charge on any atom is -0.492 e. The number of aromatic nitrogens is 1. The van der Waals surface area contributed by atoms with Crippen LogP contribution < -0.4 is 0 Å². The van der Waals surface area contributed by atoms with Gasteiger partial charge in [0.15, 0.2) is 0 Å². The lowest BCUT2D eigenvalue weighted by molar-refractivity contribution is 0.459. The summed E-state index contributed by atoms with van der Waals surface area (Å²) in [6.07, 6.45) is 0. The van der Waals surface area contributed by atoms with E-state index in [0.29, 0.717) is 25.5 Å². The van der Waals surface area contributed by atoms with Gasteiger partial charge in [-0.25, -0.2) is 13.8 Å². The topological polar surface area (TPSA) is 33.1 Å². The van der Waals surface area contributed by atoms with E-state index in [9.17, 15) is 13.9 Å². The van der Waals surface area contributed by atoms with Gasteiger partial charge in [0, 0.05) is 4.47 Å². The lowest BCUT2D eigenvalue weighted by atomic mass is 10.2. The van der Waals surface area contributed by atoms with Crippen LogP contribution in [-0.4, -0.2) is 10.1 Å². The summed E-state index contributed by atoms with van der Waals surface area (Å²) in [6, 6.07) is 10.3. The number of aromatic hydroxyl groups is 1. The summed E-state index contributed by atoms with van der Waals surface area (Å²) in [5.74, 6) is -0.986. The molecular formula is C15H8BrF2NOS. The van der Waals surface area contributed by atoms with Crippen LogP contribution in [0.2, 0.25) is 0 Å². The zero-order valence-corrected chi connectivity index (χ0v) is 12.9. The van der Waals surface area contributed by atoms with Crippen molar-refractivity contribution in [3.8, 4) is 26.9 Å². The molecule has 0 aliphatic heterocycles. The van der Waals surface area contributed by atoms with Gasteiger partial charge < -0.3 is 5.11 Å². The summed E-state index contributed by atoms with van der Waals surface area (Å²) in [5.41, 5.74) is 0.927. The van der Waals surface area contributed by atoms with E-state index in [2.05, 4.69) is 20.9 Å². The van der Waals surface area contributed by atoms with Gasteiger partial charge in [0.1, 0.15) is 16.6 Å². The fourth-order valence-electron chi connectivity index (χ4n) is 1.91. The van der Waals surface area contributed by atoms with Gasteiger partial charge in [-0.2, -0.15) is 0 Å². The Morgan fingerprint density at radius 2 is 1.76 bits per heavy atom. The van der Waals surface area contributed by atoms with E-state index in [4.69, 9.17) is 0 Å². The second-order valence-corrected chi connectivity index (χ2v) is 6.13. The monoisotopic (exact) mass is 367 g/mol. The van der Waals surface area contributed by atoms with Crippen molar-refractivity contribution in [1.29, 1.82) is 0 Å². The Morgan fingerprint density at radius 1 is 1.05 bits per heavy atom. The normalized spacial score (nSPS) is 10.8. The molecule has 0 saturated heterocycles. The number of benzene rings is 2. The van der Waals surface area contributed by atoms with E-state index in [1.165, 1.54) is 18.2 Å². The average Bonchev–Trinajstić information content (AvgIpc) is 2.81. The minimum absolute atomic E-state index is 0.197. The third-order valence-electron chi connectivity index (χ3n) is 2.89. The Kier molecular flexibility index (Phi) is 3.73. The highest BCUT2D eigenvalue weighted by Crippen LogP contribution is 2.42. The number of hydrogen-bond donors (Lipinski definition) is 1. The van der Waals surface area contributed by atoms with Crippen LogP contribution >= 0.6 is 27.3 Å². The molecule has 0 spiro atoms. The zero-order valence-electron chi connectivity index (χ0n) is 10.5. The summed E-state index contributed by atoms with van der Waals surface area (Å²) in [5, 5.41) is 10.3. The van der Waals surface area contributed by atoms with Crippen LogP contribution in [0, 0.1) is 11.6 Å². The number of nitrogens with zero attached hydrogens (tertiary/aromatic N) is 1. The maximum Gasteiger partial charge on any atom is 0.230 e. The van der Waals surface area contributed by atoms with Crippen LogP contribution in [-0.2, 0) is 0 Å². The van der Waals surface area contributed by atoms with Crippen molar-refractivity contribution in [3.63, 3.8) is 0 Å². The largest absolute Gasteiger partial charge is 0.492 e. The molecule has 6 heteroatoms. The van der Waals surface area contributed by atoms with Gasteiger partial charge in [0.2, 0.25) is 5.88 Å². The first-order valence-electron chi connectivity index (χ1n) is 5.96. The first-order chi connectivity index (χ1) is 10.1. The molecular weight excluding hydrogens is 360 g/mol. The molecule has 0 radical (unpaired) electrons. The highest BCUT2D eigenvalue weighted by molar-refractivity contribution is 9.10. The molecule has 0 bridgehead atoms. The van der Waals surface area contributed by atoms with Gasteiger partial charge in [-0.1, -0.05) is 18.2 Å². The van der Waals surface area contributed by atoms with Gasteiger partial charge >= 0.3 is 0 Å². The molecule has 106 valence electrons. The zero-order chi connectivity index (χ0) is 15.0. The Morgan fingerprint density at radius 3 is 2.43 bits per heavy atom. The van der Waals surface area contributed by atoms with Gasteiger partial charge in [0.25, 0.3) is 0 Å². The molecule has 1 heterocycles. The predicted octanol–water partition coefficient (Wildman–Crippen LogP) is 5.22. The average molecular weight is 368 g/mol. The Hall–Kier alpha value is -1.79. The summed E-state index contributed by atoms with van der Waals surface area (Å²) < 4.78 is 27.4. The van der Waals surface area contributed by atoms with Gasteiger partial charge in [0.05, 0.1) is 10.4 Å². The molecule has 2 aromatic carbocycles. The quantitative estimate of drug-likeness (QED) is 0.673. The standard InChI is InChI=1S/C15H8BrF2NOS/c16-10-2-1-3-11(18)12(10)15-19-14(20)13(21-15)8-4-6-9(17)7-5-8/h1-7,20H. The molecule has 3 aromatic rings. The molecule has 1 aromatic heterocycles. The third kappa shape index (κ3) is 2.69. The second-order valence-electron chi connectivity index (χ2n) is 4.28. The van der Waals surface area contributed by atoms with Crippen molar-refractivity contribution >= 4 is 27.3 Å². The Labute approximate surface area is 131 Å². The highest BCUT2D eigenvalue weighted by atomic mass is 79.9. The first kappa shape index (κ1) is 14.2. The van der Waals surface area contributed by atoms with E-state index >= 15 is 0 Å². The second kappa shape index (κ2) is 5.54. The molecule has 3 rings (SSSR count). The minimum atomic E-state index is -0.427. The molecule has 0 aliphatic carbocycles. The van der Waals surface area contributed by atoms with Crippen molar-refractivity contribution in [1.82, 2.24) is 4.98 Å². The molecule has 0 unspecified atom stereocenters. The van der Waals surface area contributed by atoms with E-state index in [1.807, 2.05) is 0 Å². The fourth-order valence-corrected chi connectivity index (χ4v) is 3.60. The third-order valence-corrected chi connectivity index (χ3v) is 4.66. The lowest BCUT2D eigenvalue weighted by Gasteiger charge is -2.01. The van der Waals surface area contributed by atoms with Crippen molar-refractivity contribution in [2.24, 2.45) is 0 Å². The predicted molar refractivity (Wildman–Crippen MR) is 82.3 cm³/mol. The SMILES string of the molecule is Oc1nc(-c2c(F)cccc2Br)sc1-c1ccc(F)cc1. The van der Waals surface area contributed by atoms with Crippen molar-refractivity contribution in [2.75, 3.05) is 0 Å². The molecule has 21 heavy (non-hydrogen) atoms. The van der Waals surface area contributed by atoms with Crippen LogP contribution in [0.5, 0.6) is 5.88 Å². The van der Waals surface area contributed by atoms with E-state index < -0.39 is 5.82 Å². The summed E-state index contributed by atoms with van der Waals surface area (Å²) >= 11 is 4.43. The van der Waals surface area contributed by atoms with Crippen molar-refractivity contribution in [2.45, 2.75) is 0 Å². The molecule has 0 aliphatic rings. The molecule has 0 atom stereocenters. The Bertz CT molecular complexity index is 782. The number of rotatable bonds is 2. The van der Waals surface area contributed by atoms with Crippen LogP contribution in [0.4, 0.5) is 8.78 Å². The molecule has 0 fully saturated rings. The fraction of sp³-hybridized carbons (Fsp3) is 0. The van der Waals surface area contributed by atoms with Gasteiger partial charge in [-0.15, -0.1) is 11.3 Å². The van der Waals surface area contributed by atoms with Crippen LogP contribution in [0.25, 0.3) is 21.0 Å². The molecule has 0 saturated carbocycles. The van der Waals surface area contributed by atoms with E-state index in [-0.39, 0.29) is 11.7 Å². The summed E-state index contributed by atoms with van der Waals surface area (Å²) in [7, 11) is 0. The number of halogens is 3. The summed E-state index contributed by atoms with van der Waals surface area (Å²) in [6.45, 7) is 0. The van der Waals surface area contributed by atoms with Gasteiger partial charge in [-0.05, 0) is 45.8 Å². The maximum atomic E-state index is 13.9. The first-order valence-corrected chi connectivity index (χ1v) is 7.57. The highest BCUT2D eigenvalue weighted by Gasteiger charge is 2.18. The molecule has 2 nitrogen and oxygen atoms in total. The molecule has 1 N–H and O–H groups in total. The Balaban J connectivity index is 2.12. The number of thiazole rings is 1. The number of hydrogen-bond acceptors (Lipinski definition) is 3. The van der Waals surface area contributed by atoms with E-state index in [0.717, 1.165) is 11.3 Å². The van der Waals surface area contributed by atoms with Crippen LogP contribution in [0.1, 0.15) is 0 Å². The lowest BCUT2D eigenvalue weighted by Crippen LogP contribution is -1.84. The maximum absolute atomic E-state index is 13.9. The molecule has 0 amide bonds. The van der Waals surface area contributed by atoms with E-state index in [1.54, 1.807) is 24.3 Å². The smallest absolute Gasteiger partial charge is 0.230 e. The van der Waals surface area contributed by atoms with Crippen LogP contribution in [0.15, 0.2) is 46.9 Å². The van der Waals surface area contributed by atoms with Crippen molar-refractivity contribution < 1.29 is 13.9 Å².